The molecule has 2 atom stereocenters. The van der Waals surface area contributed by atoms with Crippen LogP contribution in [0.4, 0.5) is 0 Å². The lowest BCUT2D eigenvalue weighted by molar-refractivity contribution is 0.172. The fraction of sp³-hybridized carbons (Fsp3) is 0.636. The molecule has 5 heteroatoms. The molecule has 2 unspecified atom stereocenters. The van der Waals surface area contributed by atoms with E-state index < -0.39 is 0 Å². The third-order valence-corrected chi connectivity index (χ3v) is 4.42. The first-order valence-corrected chi connectivity index (χ1v) is 7.07. The number of ether oxygens (including phenoxy) is 1. The molecule has 1 aliphatic heterocycles. The zero-order chi connectivity index (χ0) is 11.5. The molecule has 1 aliphatic rings. The van der Waals surface area contributed by atoms with Gasteiger partial charge in [-0.2, -0.15) is 0 Å². The maximum absolute atomic E-state index is 5.97. The van der Waals surface area contributed by atoms with Crippen molar-refractivity contribution in [3.05, 3.63) is 20.8 Å². The number of nitrogens with two attached hydrogens (primary N) is 1. The van der Waals surface area contributed by atoms with Crippen molar-refractivity contribution >= 4 is 27.3 Å². The van der Waals surface area contributed by atoms with E-state index >= 15 is 0 Å². The lowest BCUT2D eigenvalue weighted by Gasteiger charge is -2.21. The average molecular weight is 305 g/mol. The van der Waals surface area contributed by atoms with Crippen molar-refractivity contribution in [2.75, 3.05) is 26.8 Å². The zero-order valence-corrected chi connectivity index (χ0v) is 11.8. The maximum Gasteiger partial charge on any atom is 0.0701 e. The number of hydrogen-bond donors (Lipinski definition) is 1. The summed E-state index contributed by atoms with van der Waals surface area (Å²) in [6, 6.07) is 2.38. The zero-order valence-electron chi connectivity index (χ0n) is 9.36. The van der Waals surface area contributed by atoms with Gasteiger partial charge in [-0.1, -0.05) is 0 Å². The van der Waals surface area contributed by atoms with E-state index in [1.807, 2.05) is 0 Å². The van der Waals surface area contributed by atoms with Gasteiger partial charge >= 0.3 is 0 Å². The minimum Gasteiger partial charge on any atom is -0.379 e. The quantitative estimate of drug-likeness (QED) is 0.923. The molecule has 2 heterocycles. The van der Waals surface area contributed by atoms with E-state index in [1.54, 1.807) is 11.3 Å². The number of nitrogens with zero attached hydrogens (tertiary/aromatic N) is 1. The predicted molar refractivity (Wildman–Crippen MR) is 70.6 cm³/mol. The van der Waals surface area contributed by atoms with E-state index in [2.05, 4.69) is 39.3 Å². The van der Waals surface area contributed by atoms with E-state index in [-0.39, 0.29) is 6.04 Å². The van der Waals surface area contributed by atoms with Crippen LogP contribution in [-0.2, 0) is 11.3 Å². The lowest BCUT2D eigenvalue weighted by Crippen LogP contribution is -2.36. The van der Waals surface area contributed by atoms with Crippen molar-refractivity contribution < 1.29 is 4.74 Å². The first-order valence-electron chi connectivity index (χ1n) is 5.40. The highest BCUT2D eigenvalue weighted by Gasteiger charge is 2.25. The second-order valence-corrected chi connectivity index (χ2v) is 6.71. The molecule has 16 heavy (non-hydrogen) atoms. The summed E-state index contributed by atoms with van der Waals surface area (Å²) in [6.45, 7) is 3.50. The molecule has 90 valence electrons. The van der Waals surface area contributed by atoms with Gasteiger partial charge in [-0.25, -0.2) is 0 Å². The van der Waals surface area contributed by atoms with Gasteiger partial charge in [-0.3, -0.25) is 0 Å². The van der Waals surface area contributed by atoms with Crippen molar-refractivity contribution in [3.8, 4) is 0 Å². The van der Waals surface area contributed by atoms with Crippen LogP contribution in [0, 0.1) is 5.92 Å². The van der Waals surface area contributed by atoms with Crippen molar-refractivity contribution in [2.45, 2.75) is 12.6 Å². The minimum atomic E-state index is 0.205. The SMILES string of the molecule is CN(Cc1csc(Br)c1)CC1COCC1N. The van der Waals surface area contributed by atoms with Gasteiger partial charge < -0.3 is 15.4 Å². The standard InChI is InChI=1S/C11H17BrN2OS/c1-14(3-8-2-11(12)16-7-8)4-9-5-15-6-10(9)13/h2,7,9-10H,3-6,13H2,1H3. The molecule has 0 aromatic carbocycles. The number of halogens is 1. The lowest BCUT2D eigenvalue weighted by atomic mass is 10.0. The topological polar surface area (TPSA) is 38.5 Å². The fourth-order valence-electron chi connectivity index (χ4n) is 2.01. The molecule has 0 bridgehead atoms. The van der Waals surface area contributed by atoms with E-state index in [4.69, 9.17) is 10.5 Å². The largest absolute Gasteiger partial charge is 0.379 e. The summed E-state index contributed by atoms with van der Waals surface area (Å²) >= 11 is 5.21. The number of rotatable bonds is 4. The minimum absolute atomic E-state index is 0.205. The predicted octanol–water partition coefficient (Wildman–Crippen LogP) is 1.92. The average Bonchev–Trinajstić information content (AvgIpc) is 2.77. The van der Waals surface area contributed by atoms with Crippen molar-refractivity contribution in [3.63, 3.8) is 0 Å². The second kappa shape index (κ2) is 5.60. The molecule has 2 rings (SSSR count). The molecule has 1 aromatic heterocycles. The Kier molecular flexibility index (Phi) is 4.38. The molecule has 1 fully saturated rings. The molecule has 2 N–H and O–H groups in total. The summed E-state index contributed by atoms with van der Waals surface area (Å²) < 4.78 is 6.56. The third kappa shape index (κ3) is 3.28. The molecular formula is C11H17BrN2OS. The van der Waals surface area contributed by atoms with Gasteiger partial charge in [0.25, 0.3) is 0 Å². The number of hydrogen-bond acceptors (Lipinski definition) is 4. The Morgan fingerprint density at radius 2 is 2.44 bits per heavy atom. The molecule has 3 nitrogen and oxygen atoms in total. The highest BCUT2D eigenvalue weighted by Crippen LogP contribution is 2.22. The van der Waals surface area contributed by atoms with Crippen LogP contribution in [0.3, 0.4) is 0 Å². The Balaban J connectivity index is 1.82. The summed E-state index contributed by atoms with van der Waals surface area (Å²) in [4.78, 5) is 2.31. The fourth-order valence-corrected chi connectivity index (χ4v) is 3.21. The Labute approximate surface area is 109 Å². The highest BCUT2D eigenvalue weighted by molar-refractivity contribution is 9.11. The Morgan fingerprint density at radius 3 is 3.00 bits per heavy atom. The Bertz CT molecular complexity index is 344. The van der Waals surface area contributed by atoms with Crippen LogP contribution in [0.25, 0.3) is 0 Å². The molecular weight excluding hydrogens is 288 g/mol. The van der Waals surface area contributed by atoms with Gasteiger partial charge in [-0.05, 0) is 40.0 Å². The van der Waals surface area contributed by atoms with E-state index in [9.17, 15) is 0 Å². The summed E-state index contributed by atoms with van der Waals surface area (Å²) in [6.07, 6.45) is 0. The molecule has 1 saturated heterocycles. The third-order valence-electron chi connectivity index (χ3n) is 2.87. The van der Waals surface area contributed by atoms with Crippen molar-refractivity contribution in [1.82, 2.24) is 4.90 Å². The molecule has 0 aliphatic carbocycles. The van der Waals surface area contributed by atoms with Crippen molar-refractivity contribution in [1.29, 1.82) is 0 Å². The highest BCUT2D eigenvalue weighted by atomic mass is 79.9. The maximum atomic E-state index is 5.97. The van der Waals surface area contributed by atoms with Gasteiger partial charge in [0.15, 0.2) is 0 Å². The van der Waals surface area contributed by atoms with Gasteiger partial charge in [-0.15, -0.1) is 11.3 Å². The van der Waals surface area contributed by atoms with Crippen LogP contribution >= 0.6 is 27.3 Å². The molecule has 0 amide bonds. The van der Waals surface area contributed by atoms with Crippen LogP contribution in [0.1, 0.15) is 5.56 Å². The van der Waals surface area contributed by atoms with E-state index in [0.29, 0.717) is 12.5 Å². The molecule has 0 radical (unpaired) electrons. The summed E-state index contributed by atoms with van der Waals surface area (Å²) in [5, 5.41) is 2.19. The van der Waals surface area contributed by atoms with Crippen LogP contribution in [0.5, 0.6) is 0 Å². The second-order valence-electron chi connectivity index (χ2n) is 4.42. The van der Waals surface area contributed by atoms with Crippen LogP contribution < -0.4 is 5.73 Å². The molecule has 0 spiro atoms. The molecule has 0 saturated carbocycles. The van der Waals surface area contributed by atoms with E-state index in [1.165, 1.54) is 9.35 Å². The first-order chi connectivity index (χ1) is 7.65. The summed E-state index contributed by atoms with van der Waals surface area (Å²) in [7, 11) is 2.14. The Hall–Kier alpha value is 0.0600. The smallest absolute Gasteiger partial charge is 0.0701 e. The summed E-state index contributed by atoms with van der Waals surface area (Å²) in [5.41, 5.74) is 7.32. The first kappa shape index (κ1) is 12.5. The van der Waals surface area contributed by atoms with Crippen molar-refractivity contribution in [2.24, 2.45) is 11.7 Å². The van der Waals surface area contributed by atoms with Crippen LogP contribution in [0.15, 0.2) is 15.2 Å². The van der Waals surface area contributed by atoms with Crippen LogP contribution in [-0.4, -0.2) is 37.7 Å². The van der Waals surface area contributed by atoms with Crippen LogP contribution in [0.2, 0.25) is 0 Å². The van der Waals surface area contributed by atoms with Gasteiger partial charge in [0, 0.05) is 25.0 Å². The monoisotopic (exact) mass is 304 g/mol. The van der Waals surface area contributed by atoms with Gasteiger partial charge in [0.2, 0.25) is 0 Å². The summed E-state index contributed by atoms with van der Waals surface area (Å²) in [5.74, 6) is 0.479. The molecule has 1 aromatic rings. The normalized spacial score (nSPS) is 25.5. The van der Waals surface area contributed by atoms with E-state index in [0.717, 1.165) is 19.7 Å². The number of thiophene rings is 1. The van der Waals surface area contributed by atoms with Gasteiger partial charge in [0.1, 0.15) is 0 Å². The van der Waals surface area contributed by atoms with Gasteiger partial charge in [0.05, 0.1) is 17.0 Å². The Morgan fingerprint density at radius 1 is 1.62 bits per heavy atom.